The molecule has 1 aromatic rings. The van der Waals surface area contributed by atoms with E-state index in [2.05, 4.69) is 15.3 Å². The van der Waals surface area contributed by atoms with E-state index < -0.39 is 6.04 Å². The van der Waals surface area contributed by atoms with Crippen molar-refractivity contribution in [3.05, 3.63) is 11.0 Å². The van der Waals surface area contributed by atoms with E-state index in [1.54, 1.807) is 6.92 Å². The van der Waals surface area contributed by atoms with E-state index in [9.17, 15) is 4.79 Å². The van der Waals surface area contributed by atoms with Crippen molar-refractivity contribution in [2.45, 2.75) is 33.2 Å². The molecule has 1 atom stereocenters. The van der Waals surface area contributed by atoms with Gasteiger partial charge in [-0.25, -0.2) is 9.78 Å². The Morgan fingerprint density at radius 3 is 2.63 bits per heavy atom. The van der Waals surface area contributed by atoms with E-state index in [0.717, 1.165) is 0 Å². The number of aryl methyl sites for hydroxylation is 1. The van der Waals surface area contributed by atoms with Crippen molar-refractivity contribution in [2.24, 2.45) is 5.92 Å². The highest BCUT2D eigenvalue weighted by atomic mass is 35.5. The number of anilines is 2. The summed E-state index contributed by atoms with van der Waals surface area (Å²) in [5.41, 5.74) is 6.82. The summed E-state index contributed by atoms with van der Waals surface area (Å²) in [5.74, 6) is 0.310. The first-order chi connectivity index (χ1) is 8.85. The predicted molar refractivity (Wildman–Crippen MR) is 75.1 cm³/mol. The van der Waals surface area contributed by atoms with Crippen LogP contribution < -0.4 is 11.1 Å². The van der Waals surface area contributed by atoms with Gasteiger partial charge in [0.15, 0.2) is 5.82 Å². The maximum absolute atomic E-state index is 11.7. The van der Waals surface area contributed by atoms with Gasteiger partial charge < -0.3 is 15.8 Å². The van der Waals surface area contributed by atoms with E-state index in [4.69, 9.17) is 22.1 Å². The van der Waals surface area contributed by atoms with Crippen LogP contribution in [0.3, 0.4) is 0 Å². The number of nitrogens with two attached hydrogens (primary N) is 1. The van der Waals surface area contributed by atoms with Gasteiger partial charge in [0.25, 0.3) is 0 Å². The Morgan fingerprint density at radius 1 is 1.47 bits per heavy atom. The van der Waals surface area contributed by atoms with Crippen LogP contribution in [-0.4, -0.2) is 29.1 Å². The average Bonchev–Trinajstić information content (AvgIpc) is 2.32. The summed E-state index contributed by atoms with van der Waals surface area (Å²) in [7, 11) is 1.35. The molecule has 19 heavy (non-hydrogen) atoms. The number of hydrogen-bond donors (Lipinski definition) is 2. The minimum Gasteiger partial charge on any atom is -0.467 e. The second-order valence-corrected chi connectivity index (χ2v) is 5.03. The third-order valence-electron chi connectivity index (χ3n) is 2.61. The first kappa shape index (κ1) is 15.5. The molecule has 0 saturated heterocycles. The van der Waals surface area contributed by atoms with Crippen molar-refractivity contribution in [3.63, 3.8) is 0 Å². The Kier molecular flexibility index (Phi) is 5.35. The second kappa shape index (κ2) is 6.56. The van der Waals surface area contributed by atoms with Gasteiger partial charge in [-0.05, 0) is 30.9 Å². The highest BCUT2D eigenvalue weighted by Crippen LogP contribution is 2.22. The van der Waals surface area contributed by atoms with E-state index >= 15 is 0 Å². The number of hydrogen-bond acceptors (Lipinski definition) is 6. The number of nitrogens with zero attached hydrogens (tertiary/aromatic N) is 2. The molecule has 0 aliphatic heterocycles. The fourth-order valence-corrected chi connectivity index (χ4v) is 1.86. The quantitative estimate of drug-likeness (QED) is 0.636. The largest absolute Gasteiger partial charge is 0.467 e. The highest BCUT2D eigenvalue weighted by Gasteiger charge is 2.22. The normalized spacial score (nSPS) is 12.3. The fourth-order valence-electron chi connectivity index (χ4n) is 1.65. The summed E-state index contributed by atoms with van der Waals surface area (Å²) in [4.78, 5) is 19.7. The minimum absolute atomic E-state index is 0.0855. The van der Waals surface area contributed by atoms with Crippen LogP contribution in [-0.2, 0) is 9.53 Å². The fraction of sp³-hybridized carbons (Fsp3) is 0.583. The zero-order valence-electron chi connectivity index (χ0n) is 11.5. The predicted octanol–water partition coefficient (Wildman–Crippen LogP) is 2.02. The number of esters is 1. The Labute approximate surface area is 117 Å². The number of nitrogens with one attached hydrogen (secondary N) is 1. The van der Waals surface area contributed by atoms with Crippen molar-refractivity contribution < 1.29 is 9.53 Å². The van der Waals surface area contributed by atoms with Crippen LogP contribution in [0, 0.1) is 12.8 Å². The molecule has 106 valence electrons. The van der Waals surface area contributed by atoms with Crippen LogP contribution in [0.15, 0.2) is 0 Å². The molecule has 0 bridgehead atoms. The number of carbonyl (C=O) groups excluding carboxylic acids is 1. The monoisotopic (exact) mass is 286 g/mol. The molecule has 0 aromatic carbocycles. The molecule has 6 nitrogen and oxygen atoms in total. The Balaban J connectivity index is 2.99. The average molecular weight is 287 g/mol. The van der Waals surface area contributed by atoms with Gasteiger partial charge in [-0.3, -0.25) is 0 Å². The third kappa shape index (κ3) is 4.24. The van der Waals surface area contributed by atoms with E-state index in [1.165, 1.54) is 7.11 Å². The molecule has 1 aromatic heterocycles. The molecular formula is C12H19ClN4O2. The number of methoxy groups -OCH3 is 1. The molecular weight excluding hydrogens is 268 g/mol. The molecule has 0 fully saturated rings. The van der Waals surface area contributed by atoms with Crippen LogP contribution in [0.25, 0.3) is 0 Å². The molecule has 0 amide bonds. The third-order valence-corrected chi connectivity index (χ3v) is 2.78. The lowest BCUT2D eigenvalue weighted by molar-refractivity contribution is -0.141. The maximum Gasteiger partial charge on any atom is 0.328 e. The smallest absolute Gasteiger partial charge is 0.328 e. The van der Waals surface area contributed by atoms with Crippen LogP contribution in [0.2, 0.25) is 5.28 Å². The van der Waals surface area contributed by atoms with Crippen molar-refractivity contribution in [2.75, 3.05) is 18.2 Å². The lowest BCUT2D eigenvalue weighted by atomic mass is 10.0. The number of carbonyl (C=O) groups is 1. The molecule has 0 spiro atoms. The van der Waals surface area contributed by atoms with Crippen molar-refractivity contribution in [1.82, 2.24) is 9.97 Å². The summed E-state index contributed by atoms with van der Waals surface area (Å²) in [6.45, 7) is 5.75. The van der Waals surface area contributed by atoms with Crippen LogP contribution in [0.1, 0.15) is 26.0 Å². The van der Waals surface area contributed by atoms with E-state index in [1.807, 2.05) is 13.8 Å². The second-order valence-electron chi connectivity index (χ2n) is 4.69. The Morgan fingerprint density at radius 2 is 2.11 bits per heavy atom. The molecule has 3 N–H and O–H groups in total. The number of rotatable bonds is 5. The maximum atomic E-state index is 11.7. The summed E-state index contributed by atoms with van der Waals surface area (Å²) in [6, 6.07) is -0.516. The van der Waals surface area contributed by atoms with E-state index in [-0.39, 0.29) is 11.3 Å². The van der Waals surface area contributed by atoms with Gasteiger partial charge in [0.2, 0.25) is 5.28 Å². The van der Waals surface area contributed by atoms with E-state index in [0.29, 0.717) is 29.5 Å². The van der Waals surface area contributed by atoms with Crippen LogP contribution in [0.5, 0.6) is 0 Å². The first-order valence-corrected chi connectivity index (χ1v) is 6.37. The van der Waals surface area contributed by atoms with Gasteiger partial charge in [-0.1, -0.05) is 13.8 Å². The number of ether oxygens (including phenoxy) is 1. The number of aromatic nitrogens is 2. The summed E-state index contributed by atoms with van der Waals surface area (Å²) >= 11 is 5.79. The van der Waals surface area contributed by atoms with Gasteiger partial charge >= 0.3 is 5.97 Å². The lowest BCUT2D eigenvalue weighted by Crippen LogP contribution is -2.33. The minimum atomic E-state index is -0.516. The van der Waals surface area contributed by atoms with Crippen molar-refractivity contribution in [3.8, 4) is 0 Å². The molecule has 1 heterocycles. The first-order valence-electron chi connectivity index (χ1n) is 5.99. The van der Waals surface area contributed by atoms with Gasteiger partial charge in [0, 0.05) is 0 Å². The standard InChI is InChI=1S/C12H19ClN4O2/c1-6(2)5-8(11(18)19-4)16-10-9(14)7(3)15-12(13)17-10/h6,8H,5,14H2,1-4H3,(H,15,16,17). The van der Waals surface area contributed by atoms with Gasteiger partial charge in [0.05, 0.1) is 18.5 Å². The van der Waals surface area contributed by atoms with Gasteiger partial charge in [-0.2, -0.15) is 4.98 Å². The summed E-state index contributed by atoms with van der Waals surface area (Å²) in [5, 5.41) is 3.06. The topological polar surface area (TPSA) is 90.1 Å². The zero-order chi connectivity index (χ0) is 14.6. The molecule has 0 saturated carbocycles. The summed E-state index contributed by atoms with van der Waals surface area (Å²) < 4.78 is 4.77. The Hall–Kier alpha value is -1.56. The molecule has 0 aliphatic rings. The van der Waals surface area contributed by atoms with Gasteiger partial charge in [0.1, 0.15) is 6.04 Å². The molecule has 1 rings (SSSR count). The van der Waals surface area contributed by atoms with Crippen LogP contribution >= 0.6 is 11.6 Å². The van der Waals surface area contributed by atoms with Gasteiger partial charge in [-0.15, -0.1) is 0 Å². The molecule has 0 radical (unpaired) electrons. The van der Waals surface area contributed by atoms with Crippen molar-refractivity contribution in [1.29, 1.82) is 0 Å². The number of nitrogen functional groups attached to an aromatic ring is 1. The highest BCUT2D eigenvalue weighted by molar-refractivity contribution is 6.28. The summed E-state index contributed by atoms with van der Waals surface area (Å²) in [6.07, 6.45) is 0.604. The lowest BCUT2D eigenvalue weighted by Gasteiger charge is -2.20. The molecule has 7 heteroatoms. The molecule has 1 unspecified atom stereocenters. The van der Waals surface area contributed by atoms with Crippen LogP contribution in [0.4, 0.5) is 11.5 Å². The molecule has 0 aliphatic carbocycles. The zero-order valence-corrected chi connectivity index (χ0v) is 12.3. The Bertz CT molecular complexity index is 465. The van der Waals surface area contributed by atoms with Crippen molar-refractivity contribution >= 4 is 29.1 Å². The number of halogens is 1. The SMILES string of the molecule is COC(=O)C(CC(C)C)Nc1nc(Cl)nc(C)c1N.